The number of thiol groups is 1. The van der Waals surface area contributed by atoms with Gasteiger partial charge in [0.15, 0.2) is 0 Å². The topological polar surface area (TPSA) is 135 Å². The number of benzene rings is 2. The molecule has 0 spiro atoms. The maximum atomic E-state index is 12.5. The molecule has 0 bridgehead atoms. The number of nitrogen functional groups attached to an aromatic ring is 1. The molecular weight excluding hydrogens is 531 g/mol. The van der Waals surface area contributed by atoms with Crippen molar-refractivity contribution in [2.75, 3.05) is 36.9 Å². The van der Waals surface area contributed by atoms with Gasteiger partial charge in [0, 0.05) is 23.7 Å². The number of imidazole rings is 1. The molecule has 37 heavy (non-hydrogen) atoms. The molecule has 0 unspecified atom stereocenters. The lowest BCUT2D eigenvalue weighted by Gasteiger charge is -2.24. The van der Waals surface area contributed by atoms with Crippen molar-refractivity contribution in [3.63, 3.8) is 0 Å². The Morgan fingerprint density at radius 1 is 1.03 bits per heavy atom. The molecule has 3 rings (SSSR count). The zero-order valence-corrected chi connectivity index (χ0v) is 23.6. The molecule has 0 atom stereocenters. The number of rotatable bonds is 8. The Labute approximate surface area is 224 Å². The first kappa shape index (κ1) is 34.7. The second-order valence-electron chi connectivity index (χ2n) is 9.70. The average molecular weight is 572 g/mol. The van der Waals surface area contributed by atoms with E-state index in [1.807, 2.05) is 0 Å². The number of alkyl halides is 3. The molecule has 0 saturated heterocycles. The second-order valence-corrected chi connectivity index (χ2v) is 15.6. The number of fused-ring (bicyclic) bond motifs is 1. The molecule has 8 nitrogen and oxygen atoms in total. The van der Waals surface area contributed by atoms with Crippen LogP contribution < -0.4 is 15.2 Å². The number of anilines is 1. The molecule has 1 heterocycles. The SMILES string of the molecule is CC(C)(C)S.CS(C)(C)CCOCn1c(Oc2cccc(OC(F)(F)F)c2)nc2cc(N)ccc21.O.O.[HH]. The normalized spacial score (nSPS) is 12.1. The summed E-state index contributed by atoms with van der Waals surface area (Å²) in [5.41, 5.74) is 7.72. The Bertz CT molecular complexity index is 1110. The molecule has 0 aliphatic carbocycles. The predicted molar refractivity (Wildman–Crippen MR) is 152 cm³/mol. The minimum Gasteiger partial charge on any atom is -0.425 e. The van der Waals surface area contributed by atoms with Crippen LogP contribution in [0.15, 0.2) is 42.5 Å². The van der Waals surface area contributed by atoms with Crippen LogP contribution in [-0.4, -0.2) is 62.7 Å². The number of halogens is 3. The minimum atomic E-state index is -4.79. The summed E-state index contributed by atoms with van der Waals surface area (Å²) in [6.45, 7) is 6.91. The molecular formula is C24H40F3N3O5S2. The van der Waals surface area contributed by atoms with E-state index in [0.717, 1.165) is 17.3 Å². The predicted octanol–water partition coefficient (Wildman–Crippen LogP) is 5.29. The van der Waals surface area contributed by atoms with Gasteiger partial charge in [0.05, 0.1) is 17.6 Å². The van der Waals surface area contributed by atoms with Crippen LogP contribution in [-0.2, 0) is 11.5 Å². The van der Waals surface area contributed by atoms with Crippen molar-refractivity contribution in [1.82, 2.24) is 9.55 Å². The van der Waals surface area contributed by atoms with Crippen LogP contribution in [0.2, 0.25) is 0 Å². The van der Waals surface area contributed by atoms with Crippen molar-refractivity contribution >= 4 is 39.4 Å². The molecule has 0 aliphatic heterocycles. The van der Waals surface area contributed by atoms with Crippen LogP contribution in [0.25, 0.3) is 11.0 Å². The monoisotopic (exact) mass is 571 g/mol. The highest BCUT2D eigenvalue weighted by Crippen LogP contribution is 2.34. The van der Waals surface area contributed by atoms with Gasteiger partial charge in [0.1, 0.15) is 18.2 Å². The molecule has 0 aliphatic rings. The van der Waals surface area contributed by atoms with Gasteiger partial charge in [-0.25, -0.2) is 10.0 Å². The third-order valence-electron chi connectivity index (χ3n) is 4.05. The van der Waals surface area contributed by atoms with Crippen molar-refractivity contribution in [1.29, 1.82) is 0 Å². The molecule has 214 valence electrons. The minimum absolute atomic E-state index is 0. The van der Waals surface area contributed by atoms with Gasteiger partial charge in [-0.15, -0.1) is 13.2 Å². The Morgan fingerprint density at radius 2 is 1.62 bits per heavy atom. The van der Waals surface area contributed by atoms with Crippen LogP contribution in [0.5, 0.6) is 17.5 Å². The zero-order chi connectivity index (χ0) is 26.4. The van der Waals surface area contributed by atoms with E-state index in [9.17, 15) is 13.2 Å². The fraction of sp³-hybridized carbons (Fsp3) is 0.458. The maximum absolute atomic E-state index is 12.5. The van der Waals surface area contributed by atoms with E-state index in [1.54, 1.807) is 22.8 Å². The maximum Gasteiger partial charge on any atom is 0.573 e. The van der Waals surface area contributed by atoms with Gasteiger partial charge in [-0.05, 0) is 49.1 Å². The Kier molecular flexibility index (Phi) is 13.1. The smallest absolute Gasteiger partial charge is 0.425 e. The summed E-state index contributed by atoms with van der Waals surface area (Å²) in [7, 11) is -0.695. The van der Waals surface area contributed by atoms with Crippen LogP contribution in [0.3, 0.4) is 0 Å². The van der Waals surface area contributed by atoms with E-state index in [0.29, 0.717) is 17.8 Å². The lowest BCUT2D eigenvalue weighted by atomic mass is 10.3. The molecule has 3 aromatic rings. The standard InChI is InChI=1S/C20H24F3N3O3S.C4H10S.2H2O.H2/c1-30(2,3)10-9-27-13-26-18-8-7-14(24)11-17(18)25-19(26)28-15-5-4-6-16(12-15)29-20(21,22)23;1-4(2,3)5;;;/h4-8,11-12H,9-10,13,24H2,1-3H3;5H,1-3H3;2*1H2;1H. The summed E-state index contributed by atoms with van der Waals surface area (Å²) in [5, 5.41) is 0. The van der Waals surface area contributed by atoms with Crippen LogP contribution in [0.4, 0.5) is 18.9 Å². The zero-order valence-electron chi connectivity index (χ0n) is 21.8. The van der Waals surface area contributed by atoms with Crippen LogP contribution >= 0.6 is 22.7 Å². The van der Waals surface area contributed by atoms with Crippen molar-refractivity contribution in [3.8, 4) is 17.5 Å². The Balaban J connectivity index is 0. The van der Waals surface area contributed by atoms with E-state index >= 15 is 0 Å². The average Bonchev–Trinajstić information content (AvgIpc) is 2.98. The molecule has 0 radical (unpaired) electrons. The molecule has 0 amide bonds. The highest BCUT2D eigenvalue weighted by molar-refractivity contribution is 8.32. The molecule has 0 saturated carbocycles. The third kappa shape index (κ3) is 13.7. The van der Waals surface area contributed by atoms with Crippen molar-refractivity contribution in [3.05, 3.63) is 42.5 Å². The van der Waals surface area contributed by atoms with Crippen molar-refractivity contribution in [2.45, 2.75) is 38.6 Å². The van der Waals surface area contributed by atoms with E-state index < -0.39 is 16.4 Å². The molecule has 6 N–H and O–H groups in total. The second kappa shape index (κ2) is 14.0. The first-order valence-electron chi connectivity index (χ1n) is 10.8. The summed E-state index contributed by atoms with van der Waals surface area (Å²) in [4.78, 5) is 4.42. The summed E-state index contributed by atoms with van der Waals surface area (Å²) in [6, 6.07) is 10.7. The number of nitrogens with two attached hydrogens (primary N) is 1. The number of ether oxygens (including phenoxy) is 3. The highest BCUT2D eigenvalue weighted by Gasteiger charge is 2.31. The van der Waals surface area contributed by atoms with Crippen LogP contribution in [0, 0.1) is 0 Å². The number of hydrogen-bond donors (Lipinski definition) is 2. The van der Waals surface area contributed by atoms with E-state index in [4.69, 9.17) is 15.2 Å². The van der Waals surface area contributed by atoms with Gasteiger partial charge >= 0.3 is 12.4 Å². The quantitative estimate of drug-likeness (QED) is 0.215. The number of hydrogen-bond acceptors (Lipinski definition) is 6. The van der Waals surface area contributed by atoms with Crippen LogP contribution in [0.1, 0.15) is 22.2 Å². The molecule has 2 aromatic carbocycles. The fourth-order valence-electron chi connectivity index (χ4n) is 2.63. The molecule has 0 fully saturated rings. The van der Waals surface area contributed by atoms with E-state index in [-0.39, 0.29) is 41.4 Å². The van der Waals surface area contributed by atoms with Crippen molar-refractivity contribution < 1.29 is 39.8 Å². The summed E-state index contributed by atoms with van der Waals surface area (Å²) < 4.78 is 54.9. The summed E-state index contributed by atoms with van der Waals surface area (Å²) >= 11 is 4.12. The lowest BCUT2D eigenvalue weighted by molar-refractivity contribution is -0.274. The fourth-order valence-corrected chi connectivity index (χ4v) is 3.25. The third-order valence-corrected chi connectivity index (χ3v) is 5.44. The Hall–Kier alpha value is -2.32. The highest BCUT2D eigenvalue weighted by atomic mass is 32.3. The van der Waals surface area contributed by atoms with Gasteiger partial charge in [0.25, 0.3) is 0 Å². The molecule has 1 aromatic heterocycles. The van der Waals surface area contributed by atoms with Gasteiger partial charge in [-0.2, -0.15) is 17.6 Å². The summed E-state index contributed by atoms with van der Waals surface area (Å²) in [6.07, 6.45) is 1.83. The first-order chi connectivity index (χ1) is 16.0. The molecule has 13 heteroatoms. The number of nitrogens with zero attached hydrogens (tertiary/aromatic N) is 2. The Morgan fingerprint density at radius 3 is 2.19 bits per heavy atom. The van der Waals surface area contributed by atoms with Gasteiger partial charge in [-0.3, -0.25) is 4.57 Å². The van der Waals surface area contributed by atoms with E-state index in [1.165, 1.54) is 18.2 Å². The van der Waals surface area contributed by atoms with Gasteiger partial charge < -0.3 is 30.9 Å². The largest absolute Gasteiger partial charge is 0.573 e. The van der Waals surface area contributed by atoms with Gasteiger partial charge in [-0.1, -0.05) is 26.8 Å². The lowest BCUT2D eigenvalue weighted by Crippen LogP contribution is -2.17. The first-order valence-corrected chi connectivity index (χ1v) is 14.2. The number of aromatic nitrogens is 2. The summed E-state index contributed by atoms with van der Waals surface area (Å²) in [5.74, 6) is 0.719. The van der Waals surface area contributed by atoms with E-state index in [2.05, 4.69) is 61.9 Å². The van der Waals surface area contributed by atoms with Gasteiger partial charge in [0.2, 0.25) is 0 Å². The van der Waals surface area contributed by atoms with Crippen molar-refractivity contribution in [2.24, 2.45) is 0 Å².